The summed E-state index contributed by atoms with van der Waals surface area (Å²) < 4.78 is 2.07. The van der Waals surface area contributed by atoms with E-state index in [1.807, 2.05) is 0 Å². The van der Waals surface area contributed by atoms with Gasteiger partial charge in [0, 0.05) is 18.3 Å². The maximum atomic E-state index is 4.69. The molecule has 1 aliphatic carbocycles. The van der Waals surface area contributed by atoms with Crippen LogP contribution < -0.4 is 5.32 Å². The zero-order valence-corrected chi connectivity index (χ0v) is 12.0. The van der Waals surface area contributed by atoms with E-state index in [0.717, 1.165) is 12.3 Å². The zero-order chi connectivity index (χ0) is 13.0. The van der Waals surface area contributed by atoms with E-state index < -0.39 is 0 Å². The Bertz CT molecular complexity index is 356. The Hall–Kier alpha value is -0.830. The first-order valence-corrected chi connectivity index (χ1v) is 7.42. The van der Waals surface area contributed by atoms with Gasteiger partial charge in [0.2, 0.25) is 0 Å². The van der Waals surface area contributed by atoms with Gasteiger partial charge >= 0.3 is 0 Å². The molecule has 0 saturated heterocycles. The zero-order valence-electron chi connectivity index (χ0n) is 12.0. The SMILES string of the molecule is CNC1CCCCCC1Cc1ccn(C(C)C)n1. The smallest absolute Gasteiger partial charge is 0.0628 e. The van der Waals surface area contributed by atoms with Gasteiger partial charge in [0.05, 0.1) is 5.69 Å². The molecule has 1 heterocycles. The van der Waals surface area contributed by atoms with Crippen molar-refractivity contribution < 1.29 is 0 Å². The molecule has 3 nitrogen and oxygen atoms in total. The Morgan fingerprint density at radius 3 is 2.78 bits per heavy atom. The molecule has 1 aliphatic rings. The molecular formula is C15H27N3. The minimum atomic E-state index is 0.466. The number of nitrogens with zero attached hydrogens (tertiary/aromatic N) is 2. The van der Waals surface area contributed by atoms with Crippen LogP contribution in [-0.4, -0.2) is 22.9 Å². The van der Waals surface area contributed by atoms with Crippen molar-refractivity contribution >= 4 is 0 Å². The predicted octanol–water partition coefficient (Wildman–Crippen LogP) is 3.17. The molecule has 3 heteroatoms. The molecule has 1 aromatic rings. The Morgan fingerprint density at radius 1 is 1.33 bits per heavy atom. The van der Waals surface area contributed by atoms with Crippen molar-refractivity contribution in [3.05, 3.63) is 18.0 Å². The number of aromatic nitrogens is 2. The van der Waals surface area contributed by atoms with Crippen molar-refractivity contribution in [2.24, 2.45) is 5.92 Å². The fourth-order valence-electron chi connectivity index (χ4n) is 3.05. The molecule has 0 amide bonds. The van der Waals surface area contributed by atoms with Crippen molar-refractivity contribution in [3.63, 3.8) is 0 Å². The minimum absolute atomic E-state index is 0.466. The highest BCUT2D eigenvalue weighted by atomic mass is 15.3. The summed E-state index contributed by atoms with van der Waals surface area (Å²) in [5.41, 5.74) is 1.26. The van der Waals surface area contributed by atoms with Crippen LogP contribution in [0.25, 0.3) is 0 Å². The Balaban J connectivity index is 2.00. The fourth-order valence-corrected chi connectivity index (χ4v) is 3.05. The minimum Gasteiger partial charge on any atom is -0.317 e. The van der Waals surface area contributed by atoms with E-state index in [1.54, 1.807) is 0 Å². The van der Waals surface area contributed by atoms with Gasteiger partial charge < -0.3 is 5.32 Å². The lowest BCUT2D eigenvalue weighted by Gasteiger charge is -2.24. The molecule has 102 valence electrons. The summed E-state index contributed by atoms with van der Waals surface area (Å²) in [6.07, 6.45) is 10.1. The van der Waals surface area contributed by atoms with Crippen LogP contribution in [0.3, 0.4) is 0 Å². The molecule has 18 heavy (non-hydrogen) atoms. The van der Waals surface area contributed by atoms with E-state index in [1.165, 1.54) is 37.8 Å². The monoisotopic (exact) mass is 249 g/mol. The first kappa shape index (κ1) is 13.6. The lowest BCUT2D eigenvalue weighted by Crippen LogP contribution is -2.34. The van der Waals surface area contributed by atoms with Gasteiger partial charge in [-0.15, -0.1) is 0 Å². The second-order valence-corrected chi connectivity index (χ2v) is 5.88. The van der Waals surface area contributed by atoms with Crippen LogP contribution >= 0.6 is 0 Å². The lowest BCUT2D eigenvalue weighted by atomic mass is 9.90. The summed E-state index contributed by atoms with van der Waals surface area (Å²) in [5, 5.41) is 8.20. The van der Waals surface area contributed by atoms with E-state index in [4.69, 9.17) is 5.10 Å². The first-order valence-electron chi connectivity index (χ1n) is 7.42. The highest BCUT2D eigenvalue weighted by Gasteiger charge is 2.23. The summed E-state index contributed by atoms with van der Waals surface area (Å²) in [5.74, 6) is 0.757. The van der Waals surface area contributed by atoms with E-state index in [2.05, 4.69) is 43.2 Å². The molecule has 1 fully saturated rings. The largest absolute Gasteiger partial charge is 0.317 e. The molecule has 1 saturated carbocycles. The second kappa shape index (κ2) is 6.37. The predicted molar refractivity (Wildman–Crippen MR) is 75.7 cm³/mol. The van der Waals surface area contributed by atoms with Gasteiger partial charge in [0.25, 0.3) is 0 Å². The summed E-state index contributed by atoms with van der Waals surface area (Å²) >= 11 is 0. The standard InChI is InChI=1S/C15H27N3/c1-12(2)18-10-9-14(17-18)11-13-7-5-4-6-8-15(13)16-3/h9-10,12-13,15-16H,4-8,11H2,1-3H3. The van der Waals surface area contributed by atoms with Crippen LogP contribution in [0, 0.1) is 5.92 Å². The lowest BCUT2D eigenvalue weighted by molar-refractivity contribution is 0.346. The van der Waals surface area contributed by atoms with Gasteiger partial charge in [-0.05, 0) is 52.1 Å². The van der Waals surface area contributed by atoms with Crippen molar-refractivity contribution in [1.29, 1.82) is 0 Å². The molecule has 2 rings (SSSR count). The highest BCUT2D eigenvalue weighted by Crippen LogP contribution is 2.26. The van der Waals surface area contributed by atoms with Crippen LogP contribution in [0.2, 0.25) is 0 Å². The van der Waals surface area contributed by atoms with Crippen molar-refractivity contribution in [3.8, 4) is 0 Å². The Labute approximate surface area is 111 Å². The van der Waals surface area contributed by atoms with Gasteiger partial charge in [0.1, 0.15) is 0 Å². The molecule has 2 atom stereocenters. The van der Waals surface area contributed by atoms with Crippen LogP contribution in [0.1, 0.15) is 57.7 Å². The van der Waals surface area contributed by atoms with Gasteiger partial charge in [-0.25, -0.2) is 0 Å². The van der Waals surface area contributed by atoms with Crippen LogP contribution in [0.15, 0.2) is 12.3 Å². The Morgan fingerprint density at radius 2 is 2.11 bits per heavy atom. The normalized spacial score (nSPS) is 25.3. The molecule has 0 aliphatic heterocycles. The molecule has 0 aromatic carbocycles. The first-order chi connectivity index (χ1) is 8.70. The van der Waals surface area contributed by atoms with Crippen molar-refractivity contribution in [2.45, 2.75) is 64.5 Å². The van der Waals surface area contributed by atoms with E-state index in [-0.39, 0.29) is 0 Å². The van der Waals surface area contributed by atoms with Crippen LogP contribution in [0.4, 0.5) is 0 Å². The molecule has 1 N–H and O–H groups in total. The van der Waals surface area contributed by atoms with E-state index >= 15 is 0 Å². The summed E-state index contributed by atoms with van der Waals surface area (Å²) in [7, 11) is 2.11. The number of hydrogen-bond acceptors (Lipinski definition) is 2. The third-order valence-corrected chi connectivity index (χ3v) is 4.19. The topological polar surface area (TPSA) is 29.9 Å². The maximum Gasteiger partial charge on any atom is 0.0628 e. The average molecular weight is 249 g/mol. The number of nitrogens with one attached hydrogen (secondary N) is 1. The quantitative estimate of drug-likeness (QED) is 0.831. The molecule has 0 bridgehead atoms. The fraction of sp³-hybridized carbons (Fsp3) is 0.800. The van der Waals surface area contributed by atoms with E-state index in [9.17, 15) is 0 Å². The number of rotatable bonds is 4. The molecular weight excluding hydrogens is 222 g/mol. The van der Waals surface area contributed by atoms with Gasteiger partial charge in [-0.1, -0.05) is 19.3 Å². The Kier molecular flexibility index (Phi) is 4.81. The summed E-state index contributed by atoms with van der Waals surface area (Å²) in [6.45, 7) is 4.36. The van der Waals surface area contributed by atoms with Crippen molar-refractivity contribution in [1.82, 2.24) is 15.1 Å². The van der Waals surface area contributed by atoms with Gasteiger partial charge in [-0.3, -0.25) is 4.68 Å². The second-order valence-electron chi connectivity index (χ2n) is 5.88. The third kappa shape index (κ3) is 3.35. The van der Waals surface area contributed by atoms with Gasteiger partial charge in [0.15, 0.2) is 0 Å². The molecule has 0 radical (unpaired) electrons. The molecule has 0 spiro atoms. The summed E-state index contributed by atoms with van der Waals surface area (Å²) in [6, 6.07) is 3.34. The van der Waals surface area contributed by atoms with Crippen LogP contribution in [-0.2, 0) is 6.42 Å². The maximum absolute atomic E-state index is 4.69. The van der Waals surface area contributed by atoms with Gasteiger partial charge in [-0.2, -0.15) is 5.10 Å². The van der Waals surface area contributed by atoms with E-state index in [0.29, 0.717) is 12.1 Å². The highest BCUT2D eigenvalue weighted by molar-refractivity contribution is 5.02. The number of hydrogen-bond donors (Lipinski definition) is 1. The average Bonchev–Trinajstić information content (AvgIpc) is 2.70. The summed E-state index contributed by atoms with van der Waals surface area (Å²) in [4.78, 5) is 0. The van der Waals surface area contributed by atoms with Crippen LogP contribution in [0.5, 0.6) is 0 Å². The molecule has 1 aromatic heterocycles. The third-order valence-electron chi connectivity index (χ3n) is 4.19. The molecule has 2 unspecified atom stereocenters. The van der Waals surface area contributed by atoms with Crippen molar-refractivity contribution in [2.75, 3.05) is 7.05 Å².